The highest BCUT2D eigenvalue weighted by Crippen LogP contribution is 2.17. The van der Waals surface area contributed by atoms with Gasteiger partial charge in [-0.1, -0.05) is 17.7 Å². The zero-order valence-electron chi connectivity index (χ0n) is 8.81. The SMILES string of the molecule is Cc1ccc(N=Nc2ccc(C#N)[nH]2)cc1. The van der Waals surface area contributed by atoms with E-state index in [9.17, 15) is 0 Å². The molecular formula is C12H10N4. The summed E-state index contributed by atoms with van der Waals surface area (Å²) < 4.78 is 0. The number of azo groups is 1. The van der Waals surface area contributed by atoms with Crippen LogP contribution in [0.15, 0.2) is 46.6 Å². The molecule has 0 amide bonds. The lowest BCUT2D eigenvalue weighted by atomic mass is 10.2. The summed E-state index contributed by atoms with van der Waals surface area (Å²) in [7, 11) is 0. The van der Waals surface area contributed by atoms with Crippen LogP contribution < -0.4 is 0 Å². The highest BCUT2D eigenvalue weighted by Gasteiger charge is 1.95. The molecule has 4 nitrogen and oxygen atoms in total. The second kappa shape index (κ2) is 4.41. The fraction of sp³-hybridized carbons (Fsp3) is 0.0833. The molecule has 0 aliphatic carbocycles. The number of nitrogens with zero attached hydrogens (tertiary/aromatic N) is 3. The summed E-state index contributed by atoms with van der Waals surface area (Å²) in [5.41, 5.74) is 2.46. The lowest BCUT2D eigenvalue weighted by Gasteiger charge is -1.92. The summed E-state index contributed by atoms with van der Waals surface area (Å²) in [6, 6.07) is 13.1. The molecule has 1 aromatic carbocycles. The summed E-state index contributed by atoms with van der Waals surface area (Å²) in [4.78, 5) is 2.82. The second-order valence-electron chi connectivity index (χ2n) is 3.40. The van der Waals surface area contributed by atoms with Crippen molar-refractivity contribution in [3.05, 3.63) is 47.7 Å². The third kappa shape index (κ3) is 2.34. The van der Waals surface area contributed by atoms with E-state index in [4.69, 9.17) is 5.26 Å². The lowest BCUT2D eigenvalue weighted by molar-refractivity contribution is 1.17. The minimum Gasteiger partial charge on any atom is -0.330 e. The van der Waals surface area contributed by atoms with Gasteiger partial charge in [0.2, 0.25) is 0 Å². The zero-order valence-corrected chi connectivity index (χ0v) is 8.81. The molecule has 0 aliphatic rings. The van der Waals surface area contributed by atoms with E-state index in [-0.39, 0.29) is 0 Å². The Labute approximate surface area is 93.3 Å². The van der Waals surface area contributed by atoms with E-state index in [1.807, 2.05) is 37.3 Å². The average molecular weight is 210 g/mol. The molecule has 0 atom stereocenters. The van der Waals surface area contributed by atoms with Gasteiger partial charge in [-0.2, -0.15) is 5.26 Å². The number of H-pyrrole nitrogens is 1. The highest BCUT2D eigenvalue weighted by atomic mass is 15.1. The summed E-state index contributed by atoms with van der Waals surface area (Å²) in [6.07, 6.45) is 0. The smallest absolute Gasteiger partial charge is 0.153 e. The van der Waals surface area contributed by atoms with Crippen molar-refractivity contribution in [3.63, 3.8) is 0 Å². The van der Waals surface area contributed by atoms with E-state index in [2.05, 4.69) is 15.2 Å². The molecular weight excluding hydrogens is 200 g/mol. The van der Waals surface area contributed by atoms with Crippen LogP contribution in [0.1, 0.15) is 11.3 Å². The number of rotatable bonds is 2. The summed E-state index contributed by atoms with van der Waals surface area (Å²) in [5, 5.41) is 16.7. The molecule has 4 heteroatoms. The molecule has 0 aliphatic heterocycles. The number of benzene rings is 1. The number of aryl methyl sites for hydroxylation is 1. The van der Waals surface area contributed by atoms with E-state index >= 15 is 0 Å². The van der Waals surface area contributed by atoms with Crippen molar-refractivity contribution in [3.8, 4) is 6.07 Å². The van der Waals surface area contributed by atoms with Gasteiger partial charge in [0, 0.05) is 0 Å². The predicted molar refractivity (Wildman–Crippen MR) is 60.9 cm³/mol. The molecule has 0 spiro atoms. The lowest BCUT2D eigenvalue weighted by Crippen LogP contribution is -1.69. The Morgan fingerprint density at radius 3 is 2.44 bits per heavy atom. The van der Waals surface area contributed by atoms with Crippen LogP contribution in [-0.4, -0.2) is 4.98 Å². The van der Waals surface area contributed by atoms with E-state index in [1.54, 1.807) is 12.1 Å². The van der Waals surface area contributed by atoms with Crippen LogP contribution in [0.2, 0.25) is 0 Å². The Hall–Kier alpha value is -2.41. The largest absolute Gasteiger partial charge is 0.330 e. The minimum absolute atomic E-state index is 0.484. The third-order valence-electron chi connectivity index (χ3n) is 2.10. The molecule has 2 rings (SSSR count). The van der Waals surface area contributed by atoms with Crippen LogP contribution in [0, 0.1) is 18.3 Å². The Bertz CT molecular complexity index is 543. The van der Waals surface area contributed by atoms with Gasteiger partial charge in [-0.3, -0.25) is 0 Å². The second-order valence-corrected chi connectivity index (χ2v) is 3.40. The van der Waals surface area contributed by atoms with Crippen molar-refractivity contribution in [2.24, 2.45) is 10.2 Å². The van der Waals surface area contributed by atoms with E-state index in [0.29, 0.717) is 11.5 Å². The Morgan fingerprint density at radius 1 is 1.06 bits per heavy atom. The Morgan fingerprint density at radius 2 is 1.81 bits per heavy atom. The fourth-order valence-corrected chi connectivity index (χ4v) is 1.23. The monoisotopic (exact) mass is 210 g/mol. The van der Waals surface area contributed by atoms with Gasteiger partial charge in [0.1, 0.15) is 11.8 Å². The van der Waals surface area contributed by atoms with Crippen LogP contribution in [-0.2, 0) is 0 Å². The highest BCUT2D eigenvalue weighted by molar-refractivity contribution is 5.40. The normalized spacial score (nSPS) is 10.5. The zero-order chi connectivity index (χ0) is 11.4. The Kier molecular flexibility index (Phi) is 2.79. The van der Waals surface area contributed by atoms with Gasteiger partial charge in [-0.25, -0.2) is 0 Å². The molecule has 1 heterocycles. The van der Waals surface area contributed by atoms with Crippen molar-refractivity contribution < 1.29 is 0 Å². The molecule has 0 radical (unpaired) electrons. The van der Waals surface area contributed by atoms with Gasteiger partial charge < -0.3 is 4.98 Å². The molecule has 16 heavy (non-hydrogen) atoms. The van der Waals surface area contributed by atoms with Crippen LogP contribution in [0.4, 0.5) is 11.5 Å². The van der Waals surface area contributed by atoms with Crippen molar-refractivity contribution in [2.75, 3.05) is 0 Å². The number of hydrogen-bond acceptors (Lipinski definition) is 3. The van der Waals surface area contributed by atoms with E-state index in [1.165, 1.54) is 5.56 Å². The third-order valence-corrected chi connectivity index (χ3v) is 2.10. The quantitative estimate of drug-likeness (QED) is 0.756. The molecule has 0 fully saturated rings. The minimum atomic E-state index is 0.484. The van der Waals surface area contributed by atoms with Crippen molar-refractivity contribution in [2.45, 2.75) is 6.92 Å². The number of hydrogen-bond donors (Lipinski definition) is 1. The molecule has 0 saturated heterocycles. The van der Waals surface area contributed by atoms with E-state index < -0.39 is 0 Å². The molecule has 1 N–H and O–H groups in total. The molecule has 0 bridgehead atoms. The van der Waals surface area contributed by atoms with Gasteiger partial charge >= 0.3 is 0 Å². The maximum atomic E-state index is 8.61. The first-order chi connectivity index (χ1) is 7.78. The van der Waals surface area contributed by atoms with Crippen LogP contribution in [0.25, 0.3) is 0 Å². The first-order valence-corrected chi connectivity index (χ1v) is 4.85. The van der Waals surface area contributed by atoms with Crippen molar-refractivity contribution in [1.82, 2.24) is 4.98 Å². The van der Waals surface area contributed by atoms with Gasteiger partial charge in [0.15, 0.2) is 5.82 Å². The predicted octanol–water partition coefficient (Wildman–Crippen LogP) is 3.61. The van der Waals surface area contributed by atoms with Crippen molar-refractivity contribution in [1.29, 1.82) is 5.26 Å². The van der Waals surface area contributed by atoms with Gasteiger partial charge in [0.25, 0.3) is 0 Å². The number of aromatic nitrogens is 1. The van der Waals surface area contributed by atoms with Crippen LogP contribution in [0.3, 0.4) is 0 Å². The molecule has 0 unspecified atom stereocenters. The number of nitriles is 1. The number of aromatic amines is 1. The topological polar surface area (TPSA) is 64.3 Å². The molecule has 78 valence electrons. The molecule has 1 aromatic heterocycles. The fourth-order valence-electron chi connectivity index (χ4n) is 1.23. The first kappa shape index (κ1) is 10.1. The maximum Gasteiger partial charge on any atom is 0.153 e. The van der Waals surface area contributed by atoms with E-state index in [0.717, 1.165) is 5.69 Å². The number of nitrogens with one attached hydrogen (secondary N) is 1. The standard InChI is InChI=1S/C12H10N4/c1-9-2-4-10(5-3-9)15-16-12-7-6-11(8-13)14-12/h2-7,14H,1H3. The maximum absolute atomic E-state index is 8.61. The average Bonchev–Trinajstić information content (AvgIpc) is 2.76. The van der Waals surface area contributed by atoms with Gasteiger partial charge in [-0.05, 0) is 31.2 Å². The van der Waals surface area contributed by atoms with Gasteiger partial charge in [-0.15, -0.1) is 10.2 Å². The molecule has 0 saturated carbocycles. The Balaban J connectivity index is 2.15. The summed E-state index contributed by atoms with van der Waals surface area (Å²) >= 11 is 0. The first-order valence-electron chi connectivity index (χ1n) is 4.85. The summed E-state index contributed by atoms with van der Waals surface area (Å²) in [5.74, 6) is 0.581. The van der Waals surface area contributed by atoms with Crippen LogP contribution in [0.5, 0.6) is 0 Å². The molecule has 2 aromatic rings. The van der Waals surface area contributed by atoms with Crippen molar-refractivity contribution >= 4 is 11.5 Å². The van der Waals surface area contributed by atoms with Crippen LogP contribution >= 0.6 is 0 Å². The summed E-state index contributed by atoms with van der Waals surface area (Å²) in [6.45, 7) is 2.02. The van der Waals surface area contributed by atoms with Gasteiger partial charge in [0.05, 0.1) is 5.69 Å².